The lowest BCUT2D eigenvalue weighted by atomic mass is 10.5. The Labute approximate surface area is 84.7 Å². The molecule has 1 aliphatic carbocycles. The molecule has 1 saturated carbocycles. The Hall–Kier alpha value is -0.770. The average Bonchev–Trinajstić information content (AvgIpc) is 2.97. The lowest BCUT2D eigenvalue weighted by Gasteiger charge is -2.14. The molecule has 0 amide bonds. The molecule has 0 bridgehead atoms. The summed E-state index contributed by atoms with van der Waals surface area (Å²) in [5.41, 5.74) is 8.08. The van der Waals surface area contributed by atoms with Crippen LogP contribution in [0.25, 0.3) is 10.4 Å². The van der Waals surface area contributed by atoms with Crippen molar-refractivity contribution < 1.29 is 4.74 Å². The predicted octanol–water partition coefficient (Wildman–Crippen LogP) is 1.66. The molecule has 14 heavy (non-hydrogen) atoms. The fraction of sp³-hybridized carbons (Fsp3) is 1.00. The average molecular weight is 198 g/mol. The van der Waals surface area contributed by atoms with Crippen molar-refractivity contribution in [3.63, 3.8) is 0 Å². The van der Waals surface area contributed by atoms with Gasteiger partial charge in [-0.05, 0) is 31.3 Å². The van der Waals surface area contributed by atoms with Gasteiger partial charge in [-0.25, -0.2) is 0 Å². The van der Waals surface area contributed by atoms with Crippen molar-refractivity contribution in [2.45, 2.75) is 12.8 Å². The first-order valence-corrected chi connectivity index (χ1v) is 5.10. The number of azide groups is 1. The maximum Gasteiger partial charge on any atom is 0.0593 e. The zero-order valence-corrected chi connectivity index (χ0v) is 8.72. The van der Waals surface area contributed by atoms with Crippen molar-refractivity contribution in [3.8, 4) is 0 Å². The van der Waals surface area contributed by atoms with E-state index < -0.39 is 0 Å². The highest BCUT2D eigenvalue weighted by Gasteiger charge is 2.20. The van der Waals surface area contributed by atoms with Crippen LogP contribution >= 0.6 is 0 Å². The van der Waals surface area contributed by atoms with E-state index in [0.717, 1.165) is 32.2 Å². The van der Waals surface area contributed by atoms with E-state index in [2.05, 4.69) is 14.9 Å². The summed E-state index contributed by atoms with van der Waals surface area (Å²) in [7, 11) is 2.01. The fourth-order valence-corrected chi connectivity index (χ4v) is 1.13. The highest BCUT2D eigenvalue weighted by Crippen LogP contribution is 2.28. The first-order chi connectivity index (χ1) is 6.83. The summed E-state index contributed by atoms with van der Waals surface area (Å²) in [5.74, 6) is 0.837. The van der Waals surface area contributed by atoms with E-state index in [1.165, 1.54) is 12.8 Å². The Bertz CT molecular complexity index is 199. The molecule has 0 aromatic carbocycles. The van der Waals surface area contributed by atoms with Crippen LogP contribution in [0, 0.1) is 5.92 Å². The number of nitrogens with zero attached hydrogens (tertiary/aromatic N) is 4. The van der Waals surface area contributed by atoms with Gasteiger partial charge in [0.15, 0.2) is 0 Å². The Morgan fingerprint density at radius 3 is 2.93 bits per heavy atom. The van der Waals surface area contributed by atoms with E-state index in [9.17, 15) is 0 Å². The quantitative estimate of drug-likeness (QED) is 0.258. The van der Waals surface area contributed by atoms with Gasteiger partial charge in [0.1, 0.15) is 0 Å². The van der Waals surface area contributed by atoms with Crippen LogP contribution in [-0.2, 0) is 4.74 Å². The van der Waals surface area contributed by atoms with E-state index in [0.29, 0.717) is 6.54 Å². The van der Waals surface area contributed by atoms with Crippen LogP contribution < -0.4 is 0 Å². The monoisotopic (exact) mass is 198 g/mol. The second kappa shape index (κ2) is 6.65. The van der Waals surface area contributed by atoms with Crippen LogP contribution in [0.1, 0.15) is 12.8 Å². The van der Waals surface area contributed by atoms with E-state index in [1.54, 1.807) is 0 Å². The SMILES string of the molecule is CN(CCN=[N+]=[N-])CCOCC1CC1. The molecule has 0 N–H and O–H groups in total. The third-order valence-corrected chi connectivity index (χ3v) is 2.31. The van der Waals surface area contributed by atoms with Crippen LogP contribution in [0.15, 0.2) is 5.11 Å². The molecule has 0 heterocycles. The van der Waals surface area contributed by atoms with Gasteiger partial charge < -0.3 is 9.64 Å². The normalized spacial score (nSPS) is 15.6. The molecule has 0 aromatic rings. The number of likely N-dealkylation sites (N-methyl/N-ethyl adjacent to an activating group) is 1. The number of hydrogen-bond acceptors (Lipinski definition) is 3. The van der Waals surface area contributed by atoms with Crippen LogP contribution in [0.5, 0.6) is 0 Å². The molecule has 0 saturated heterocycles. The number of ether oxygens (including phenoxy) is 1. The molecule has 0 unspecified atom stereocenters. The molecule has 0 aliphatic heterocycles. The smallest absolute Gasteiger partial charge is 0.0593 e. The van der Waals surface area contributed by atoms with Crippen molar-refractivity contribution >= 4 is 0 Å². The minimum absolute atomic E-state index is 0.537. The van der Waals surface area contributed by atoms with Gasteiger partial charge in [-0.15, -0.1) is 0 Å². The Morgan fingerprint density at radius 1 is 1.50 bits per heavy atom. The van der Waals surface area contributed by atoms with Crippen molar-refractivity contribution in [2.24, 2.45) is 11.0 Å². The van der Waals surface area contributed by atoms with Crippen LogP contribution in [0.2, 0.25) is 0 Å². The minimum Gasteiger partial charge on any atom is -0.380 e. The van der Waals surface area contributed by atoms with Crippen LogP contribution in [0.4, 0.5) is 0 Å². The van der Waals surface area contributed by atoms with Crippen LogP contribution in [0.3, 0.4) is 0 Å². The molecule has 80 valence electrons. The van der Waals surface area contributed by atoms with Gasteiger partial charge in [0.25, 0.3) is 0 Å². The maximum atomic E-state index is 8.08. The third-order valence-electron chi connectivity index (χ3n) is 2.31. The van der Waals surface area contributed by atoms with Crippen LogP contribution in [-0.4, -0.2) is 44.8 Å². The first kappa shape index (κ1) is 11.3. The largest absolute Gasteiger partial charge is 0.380 e. The first-order valence-electron chi connectivity index (χ1n) is 5.10. The van der Waals surface area contributed by atoms with Gasteiger partial charge in [0.2, 0.25) is 0 Å². The number of rotatable bonds is 8. The van der Waals surface area contributed by atoms with Gasteiger partial charge >= 0.3 is 0 Å². The zero-order chi connectivity index (χ0) is 10.2. The molecule has 1 aliphatic rings. The molecule has 5 heteroatoms. The molecule has 1 rings (SSSR count). The highest BCUT2D eigenvalue weighted by atomic mass is 16.5. The number of hydrogen-bond donors (Lipinski definition) is 0. The summed E-state index contributed by atoms with van der Waals surface area (Å²) in [6, 6.07) is 0. The van der Waals surface area contributed by atoms with Crippen molar-refractivity contribution in [1.29, 1.82) is 0 Å². The molecule has 1 fully saturated rings. The molecule has 5 nitrogen and oxygen atoms in total. The lowest BCUT2D eigenvalue weighted by Crippen LogP contribution is -2.26. The topological polar surface area (TPSA) is 61.2 Å². The van der Waals surface area contributed by atoms with Crippen molar-refractivity contribution in [1.82, 2.24) is 4.90 Å². The van der Waals surface area contributed by atoms with Gasteiger partial charge in [-0.2, -0.15) is 0 Å². The van der Waals surface area contributed by atoms with Gasteiger partial charge in [-0.3, -0.25) is 0 Å². The summed E-state index contributed by atoms with van der Waals surface area (Å²) in [6.45, 7) is 3.95. The minimum atomic E-state index is 0.537. The van der Waals surface area contributed by atoms with E-state index in [4.69, 9.17) is 10.3 Å². The predicted molar refractivity (Wildman–Crippen MR) is 55.1 cm³/mol. The second-order valence-electron chi connectivity index (χ2n) is 3.78. The zero-order valence-electron chi connectivity index (χ0n) is 8.72. The lowest BCUT2D eigenvalue weighted by molar-refractivity contribution is 0.104. The second-order valence-corrected chi connectivity index (χ2v) is 3.78. The summed E-state index contributed by atoms with van der Waals surface area (Å²) in [5, 5.41) is 3.48. The molecule has 0 aromatic heterocycles. The maximum absolute atomic E-state index is 8.08. The van der Waals surface area contributed by atoms with E-state index >= 15 is 0 Å². The standard InChI is InChI=1S/C9H18N4O/c1-13(5-4-11-12-10)6-7-14-8-9-2-3-9/h9H,2-8H2,1H3. The molecular weight excluding hydrogens is 180 g/mol. The Kier molecular flexibility index (Phi) is 5.37. The van der Waals surface area contributed by atoms with Crippen molar-refractivity contribution in [3.05, 3.63) is 10.4 Å². The third kappa shape index (κ3) is 5.80. The highest BCUT2D eigenvalue weighted by molar-refractivity contribution is 4.71. The van der Waals surface area contributed by atoms with Gasteiger partial charge in [-0.1, -0.05) is 5.11 Å². The van der Waals surface area contributed by atoms with E-state index in [1.807, 2.05) is 7.05 Å². The molecule has 0 spiro atoms. The summed E-state index contributed by atoms with van der Waals surface area (Å²) >= 11 is 0. The summed E-state index contributed by atoms with van der Waals surface area (Å²) in [6.07, 6.45) is 2.68. The summed E-state index contributed by atoms with van der Waals surface area (Å²) < 4.78 is 5.49. The Balaban J connectivity index is 1.85. The van der Waals surface area contributed by atoms with E-state index in [-0.39, 0.29) is 0 Å². The molecular formula is C9H18N4O. The summed E-state index contributed by atoms with van der Waals surface area (Å²) in [4.78, 5) is 4.82. The molecule has 0 radical (unpaired) electrons. The Morgan fingerprint density at radius 2 is 2.29 bits per heavy atom. The van der Waals surface area contributed by atoms with Gasteiger partial charge in [0, 0.05) is 31.2 Å². The van der Waals surface area contributed by atoms with Crippen molar-refractivity contribution in [2.75, 3.05) is 39.9 Å². The van der Waals surface area contributed by atoms with Gasteiger partial charge in [0.05, 0.1) is 6.61 Å². The fourth-order valence-electron chi connectivity index (χ4n) is 1.13. The molecule has 0 atom stereocenters.